The molecule has 0 aliphatic carbocycles. The van der Waals surface area contributed by atoms with Crippen LogP contribution in [0, 0.1) is 18.4 Å². The molecule has 1 rings (SSSR count). The van der Waals surface area contributed by atoms with Crippen LogP contribution in [0.1, 0.15) is 20.3 Å². The number of aliphatic hydroxyl groups is 1. The first-order chi connectivity index (χ1) is 8.02. The van der Waals surface area contributed by atoms with E-state index in [0.717, 1.165) is 0 Å². The van der Waals surface area contributed by atoms with Gasteiger partial charge in [0.25, 0.3) is 0 Å². The van der Waals surface area contributed by atoms with Crippen LogP contribution < -0.4 is 5.48 Å². The molecular formula is C12H20N2O3. The zero-order valence-electron chi connectivity index (χ0n) is 10.5. The molecule has 2 N–H and O–H groups in total. The molecule has 0 aromatic heterocycles. The summed E-state index contributed by atoms with van der Waals surface area (Å²) in [6, 6.07) is -0.160. The van der Waals surface area contributed by atoms with Crippen LogP contribution in [-0.2, 0) is 9.63 Å². The Kier molecular flexibility index (Phi) is 4.94. The molecule has 0 amide bonds. The van der Waals surface area contributed by atoms with Crippen LogP contribution in [0.25, 0.3) is 0 Å². The van der Waals surface area contributed by atoms with E-state index < -0.39 is 0 Å². The predicted molar refractivity (Wildman–Crippen MR) is 63.7 cm³/mol. The third kappa shape index (κ3) is 2.97. The summed E-state index contributed by atoms with van der Waals surface area (Å²) in [5, 5.41) is 9.38. The lowest BCUT2D eigenvalue weighted by Gasteiger charge is -2.30. The van der Waals surface area contributed by atoms with Crippen LogP contribution in [0.3, 0.4) is 0 Å². The van der Waals surface area contributed by atoms with Crippen LogP contribution in [0.4, 0.5) is 0 Å². The van der Waals surface area contributed by atoms with Crippen LogP contribution >= 0.6 is 0 Å². The second kappa shape index (κ2) is 6.01. The van der Waals surface area contributed by atoms with Gasteiger partial charge in [0, 0.05) is 18.6 Å². The summed E-state index contributed by atoms with van der Waals surface area (Å²) in [4.78, 5) is 18.2. The molecule has 1 aliphatic heterocycles. The molecule has 1 heterocycles. The number of terminal acetylenes is 1. The highest BCUT2D eigenvalue weighted by molar-refractivity contribution is 5.81. The third-order valence-electron chi connectivity index (χ3n) is 3.49. The molecule has 5 nitrogen and oxygen atoms in total. The molecule has 5 heteroatoms. The van der Waals surface area contributed by atoms with E-state index in [1.54, 1.807) is 6.92 Å². The maximum Gasteiger partial charge on any atom is 0.146 e. The molecule has 1 fully saturated rings. The molecule has 4 atom stereocenters. The van der Waals surface area contributed by atoms with Crippen molar-refractivity contribution < 1.29 is 14.7 Å². The van der Waals surface area contributed by atoms with Crippen LogP contribution in [0.5, 0.6) is 0 Å². The molecule has 0 bridgehead atoms. The van der Waals surface area contributed by atoms with Crippen molar-refractivity contribution in [1.29, 1.82) is 0 Å². The molecule has 0 aromatic rings. The predicted octanol–water partition coefficient (Wildman–Crippen LogP) is -0.243. The minimum absolute atomic E-state index is 0.0299. The molecule has 4 unspecified atom stereocenters. The van der Waals surface area contributed by atoms with Gasteiger partial charge in [-0.3, -0.25) is 9.69 Å². The van der Waals surface area contributed by atoms with Crippen molar-refractivity contribution in [2.75, 3.05) is 13.7 Å². The molecule has 1 aliphatic rings. The number of likely N-dealkylation sites (tertiary alicyclic amines) is 1. The lowest BCUT2D eigenvalue weighted by atomic mass is 9.95. The highest BCUT2D eigenvalue weighted by atomic mass is 16.6. The number of hydrogen-bond acceptors (Lipinski definition) is 5. The molecule has 96 valence electrons. The summed E-state index contributed by atoms with van der Waals surface area (Å²) in [7, 11) is 1.89. The number of ketones is 1. The molecule has 0 aromatic carbocycles. The molecular weight excluding hydrogens is 220 g/mol. The van der Waals surface area contributed by atoms with Gasteiger partial charge in [0.15, 0.2) is 0 Å². The lowest BCUT2D eigenvalue weighted by molar-refractivity contribution is -0.121. The van der Waals surface area contributed by atoms with Crippen LogP contribution in [0.15, 0.2) is 0 Å². The average molecular weight is 240 g/mol. The van der Waals surface area contributed by atoms with Gasteiger partial charge < -0.3 is 9.94 Å². The Hall–Kier alpha value is -1.09. The van der Waals surface area contributed by atoms with Crippen molar-refractivity contribution in [1.82, 2.24) is 10.4 Å². The quantitative estimate of drug-likeness (QED) is 0.513. The van der Waals surface area contributed by atoms with Gasteiger partial charge in [0.1, 0.15) is 11.9 Å². The van der Waals surface area contributed by atoms with Crippen molar-refractivity contribution in [2.24, 2.45) is 5.92 Å². The first-order valence-corrected chi connectivity index (χ1v) is 5.73. The van der Waals surface area contributed by atoms with Crippen molar-refractivity contribution in [3.8, 4) is 12.5 Å². The number of carbonyl (C=O) groups excluding carboxylic acids is 1. The Morgan fingerprint density at radius 2 is 2.41 bits per heavy atom. The molecule has 17 heavy (non-hydrogen) atoms. The second-order valence-corrected chi connectivity index (χ2v) is 4.59. The maximum absolute atomic E-state index is 11.5. The van der Waals surface area contributed by atoms with Gasteiger partial charge in [-0.25, -0.2) is 0 Å². The van der Waals surface area contributed by atoms with Crippen molar-refractivity contribution in [2.45, 2.75) is 38.4 Å². The summed E-state index contributed by atoms with van der Waals surface area (Å²) < 4.78 is 0. The highest BCUT2D eigenvalue weighted by Gasteiger charge is 2.43. The zero-order valence-corrected chi connectivity index (χ0v) is 10.5. The van der Waals surface area contributed by atoms with E-state index in [1.807, 2.05) is 25.0 Å². The lowest BCUT2D eigenvalue weighted by Crippen LogP contribution is -2.49. The molecule has 0 saturated carbocycles. The smallest absolute Gasteiger partial charge is 0.146 e. The monoisotopic (exact) mass is 240 g/mol. The van der Waals surface area contributed by atoms with E-state index in [-0.39, 0.29) is 36.4 Å². The fraction of sp³-hybridized carbons (Fsp3) is 0.750. The minimum Gasteiger partial charge on any atom is -0.396 e. The summed E-state index contributed by atoms with van der Waals surface area (Å²) in [6.07, 6.45) is 7.72. The number of rotatable bonds is 5. The summed E-state index contributed by atoms with van der Waals surface area (Å²) in [6.45, 7) is 3.55. The maximum atomic E-state index is 11.5. The van der Waals surface area contributed by atoms with Crippen LogP contribution in [0.2, 0.25) is 0 Å². The van der Waals surface area contributed by atoms with E-state index >= 15 is 0 Å². The third-order valence-corrected chi connectivity index (χ3v) is 3.49. The van der Waals surface area contributed by atoms with Gasteiger partial charge in [0.2, 0.25) is 0 Å². The normalized spacial score (nSPS) is 30.9. The number of nitrogens with one attached hydrogen (secondary N) is 1. The Balaban J connectivity index is 2.74. The Bertz CT molecular complexity index is 313. The number of likely N-dealkylation sites (N-methyl/N-ethyl adjacent to an activating group) is 1. The fourth-order valence-electron chi connectivity index (χ4n) is 2.73. The van der Waals surface area contributed by atoms with Gasteiger partial charge in [-0.05, 0) is 27.3 Å². The Labute approximate surface area is 102 Å². The fourth-order valence-corrected chi connectivity index (χ4v) is 2.73. The number of nitrogens with zero attached hydrogens (tertiary/aromatic N) is 1. The van der Waals surface area contributed by atoms with Crippen molar-refractivity contribution in [3.63, 3.8) is 0 Å². The topological polar surface area (TPSA) is 61.8 Å². The number of carbonyl (C=O) groups is 1. The van der Waals surface area contributed by atoms with E-state index in [0.29, 0.717) is 6.42 Å². The number of hydroxylamine groups is 1. The first-order valence-electron chi connectivity index (χ1n) is 5.73. The Morgan fingerprint density at radius 1 is 1.76 bits per heavy atom. The van der Waals surface area contributed by atoms with E-state index in [4.69, 9.17) is 11.3 Å². The summed E-state index contributed by atoms with van der Waals surface area (Å²) in [5.41, 5.74) is 2.73. The van der Waals surface area contributed by atoms with Crippen molar-refractivity contribution in [3.05, 3.63) is 0 Å². The number of Topliss-reactive ketones (excluding diaryl/α,β-unsaturated/α-hetero) is 1. The van der Waals surface area contributed by atoms with Gasteiger partial charge in [-0.2, -0.15) is 0 Å². The largest absolute Gasteiger partial charge is 0.396 e. The number of hydrogen-bond donors (Lipinski definition) is 2. The number of aliphatic hydroxyl groups excluding tert-OH is 1. The summed E-state index contributed by atoms with van der Waals surface area (Å²) >= 11 is 0. The zero-order chi connectivity index (χ0) is 13.0. The van der Waals surface area contributed by atoms with Crippen molar-refractivity contribution >= 4 is 5.78 Å². The first kappa shape index (κ1) is 14.0. The SMILES string of the molecule is C#CONC(C)C1C(CO)CC(C(C)=O)N1C. The van der Waals surface area contributed by atoms with Gasteiger partial charge in [-0.15, -0.1) is 5.48 Å². The molecule has 1 saturated heterocycles. The van der Waals surface area contributed by atoms with Gasteiger partial charge >= 0.3 is 0 Å². The summed E-state index contributed by atoms with van der Waals surface area (Å²) in [5.74, 6) is 0.177. The van der Waals surface area contributed by atoms with E-state index in [1.165, 1.54) is 0 Å². The van der Waals surface area contributed by atoms with Crippen LogP contribution in [-0.4, -0.2) is 47.6 Å². The Morgan fingerprint density at radius 3 is 2.88 bits per heavy atom. The standard InChI is InChI=1S/C12H20N2O3/c1-5-17-13-8(2)12-10(7-15)6-11(9(3)16)14(12)4/h1,8,10-13,15H,6-7H2,2-4H3. The highest BCUT2D eigenvalue weighted by Crippen LogP contribution is 2.30. The molecule has 0 spiro atoms. The average Bonchev–Trinajstić information content (AvgIpc) is 2.63. The minimum atomic E-state index is -0.132. The van der Waals surface area contributed by atoms with Gasteiger partial charge in [0.05, 0.1) is 12.1 Å². The van der Waals surface area contributed by atoms with E-state index in [2.05, 4.69) is 5.48 Å². The molecule has 0 radical (unpaired) electrons. The van der Waals surface area contributed by atoms with Gasteiger partial charge in [-0.1, -0.05) is 6.42 Å². The second-order valence-electron chi connectivity index (χ2n) is 4.59. The van der Waals surface area contributed by atoms with E-state index in [9.17, 15) is 9.90 Å².